The molecule has 1 N–H and O–H groups in total. The van der Waals surface area contributed by atoms with E-state index in [0.717, 1.165) is 13.0 Å². The summed E-state index contributed by atoms with van der Waals surface area (Å²) in [7, 11) is 1.84. The number of amides is 2. The second-order valence-corrected chi connectivity index (χ2v) is 7.75. The summed E-state index contributed by atoms with van der Waals surface area (Å²) < 4.78 is 90.4. The SMILES string of the molecule is [2H]C([2H])(c1c[nH]c2ccc(OC([2H])([2H])C([2H])([2H])C([2H])([2H])C([2H])([2H])N3C(=O)c4ccccc4C3=O)cc12)[C@H]1CCCN1C. The third-order valence-electron chi connectivity index (χ3n) is 5.74. The molecule has 0 spiro atoms. The summed E-state index contributed by atoms with van der Waals surface area (Å²) in [5.41, 5.74) is 0.452. The van der Waals surface area contributed by atoms with E-state index in [2.05, 4.69) is 4.98 Å². The molecule has 0 radical (unpaired) electrons. The third kappa shape index (κ3) is 3.91. The fourth-order valence-electron chi connectivity index (χ4n) is 4.04. The summed E-state index contributed by atoms with van der Waals surface area (Å²) >= 11 is 0. The van der Waals surface area contributed by atoms with Crippen LogP contribution >= 0.6 is 0 Å². The number of aromatic nitrogens is 1. The zero-order chi connectivity index (χ0) is 31.0. The Morgan fingerprint density at radius 1 is 1.12 bits per heavy atom. The van der Waals surface area contributed by atoms with Crippen molar-refractivity contribution in [2.45, 2.75) is 38.0 Å². The molecule has 5 rings (SSSR count). The first-order valence-electron chi connectivity index (χ1n) is 15.3. The highest BCUT2D eigenvalue weighted by molar-refractivity contribution is 6.21. The first-order valence-corrected chi connectivity index (χ1v) is 10.3. The van der Waals surface area contributed by atoms with Gasteiger partial charge in [0.05, 0.1) is 20.4 Å². The van der Waals surface area contributed by atoms with E-state index in [1.807, 2.05) is 11.9 Å². The molecule has 166 valence electrons. The molecule has 0 bridgehead atoms. The number of carbonyl (C=O) groups is 2. The van der Waals surface area contributed by atoms with Crippen molar-refractivity contribution in [3.63, 3.8) is 0 Å². The molecule has 2 amide bonds. The average Bonchev–Trinajstić information content (AvgIpc) is 3.60. The molecule has 1 atom stereocenters. The number of likely N-dealkylation sites (N-methyl/N-ethyl adjacent to an activating group) is 1. The molecule has 1 aromatic heterocycles. The number of H-pyrrole nitrogens is 1. The summed E-state index contributed by atoms with van der Waals surface area (Å²) in [5, 5.41) is 0.360. The highest BCUT2D eigenvalue weighted by atomic mass is 16.5. The van der Waals surface area contributed by atoms with Gasteiger partial charge in [0.2, 0.25) is 0 Å². The molecule has 2 aromatic carbocycles. The molecule has 32 heavy (non-hydrogen) atoms. The van der Waals surface area contributed by atoms with Gasteiger partial charge in [0.25, 0.3) is 11.8 Å². The van der Waals surface area contributed by atoms with Crippen LogP contribution in [0.3, 0.4) is 0 Å². The van der Waals surface area contributed by atoms with Gasteiger partial charge < -0.3 is 14.6 Å². The van der Waals surface area contributed by atoms with Crippen LogP contribution in [0.25, 0.3) is 10.9 Å². The molecule has 3 aromatic rings. The second kappa shape index (κ2) is 8.79. The number of benzene rings is 2. The van der Waals surface area contributed by atoms with E-state index in [4.69, 9.17) is 18.4 Å². The fraction of sp³-hybridized carbons (Fsp3) is 0.385. The van der Waals surface area contributed by atoms with Crippen molar-refractivity contribution < 1.29 is 28.0 Å². The zero-order valence-corrected chi connectivity index (χ0v) is 17.4. The summed E-state index contributed by atoms with van der Waals surface area (Å²) in [6.45, 7) is -6.43. The van der Waals surface area contributed by atoms with Crippen LogP contribution in [0.15, 0.2) is 48.7 Å². The van der Waals surface area contributed by atoms with Gasteiger partial charge in [0, 0.05) is 40.6 Å². The quantitative estimate of drug-likeness (QED) is 0.531. The maximum Gasteiger partial charge on any atom is 0.261 e. The molecule has 0 aliphatic carbocycles. The van der Waals surface area contributed by atoms with Crippen molar-refractivity contribution in [2.24, 2.45) is 0 Å². The Labute approximate surface area is 202 Å². The van der Waals surface area contributed by atoms with Gasteiger partial charge in [0.1, 0.15) is 5.75 Å². The first kappa shape index (κ1) is 12.2. The predicted octanol–water partition coefficient (Wildman–Crippen LogP) is 4.26. The number of ether oxygens (including phenoxy) is 1. The molecule has 2 aliphatic rings. The lowest BCUT2D eigenvalue weighted by molar-refractivity contribution is 0.0649. The largest absolute Gasteiger partial charge is 0.494 e. The van der Waals surface area contributed by atoms with E-state index >= 15 is 0 Å². The predicted molar refractivity (Wildman–Crippen MR) is 124 cm³/mol. The van der Waals surface area contributed by atoms with Crippen molar-refractivity contribution in [1.82, 2.24) is 14.8 Å². The van der Waals surface area contributed by atoms with Gasteiger partial charge in [-0.2, -0.15) is 0 Å². The van der Waals surface area contributed by atoms with Crippen molar-refractivity contribution in [3.05, 3.63) is 65.4 Å². The van der Waals surface area contributed by atoms with Crippen LogP contribution < -0.4 is 4.74 Å². The van der Waals surface area contributed by atoms with Gasteiger partial charge >= 0.3 is 0 Å². The van der Waals surface area contributed by atoms with Crippen LogP contribution in [0.5, 0.6) is 5.75 Å². The Hall–Kier alpha value is -3.12. The number of hydrogen-bond donors (Lipinski definition) is 1. The van der Waals surface area contributed by atoms with Gasteiger partial charge in [0.15, 0.2) is 0 Å². The van der Waals surface area contributed by atoms with E-state index in [-0.39, 0.29) is 21.8 Å². The minimum atomic E-state index is -3.81. The molecular weight excluding hydrogens is 402 g/mol. The Balaban J connectivity index is 1.46. The van der Waals surface area contributed by atoms with E-state index in [0.29, 0.717) is 22.9 Å². The molecule has 2 aliphatic heterocycles. The minimum absolute atomic E-state index is 0.0220. The van der Waals surface area contributed by atoms with Crippen LogP contribution in [0.2, 0.25) is 0 Å². The maximum absolute atomic E-state index is 12.9. The Morgan fingerprint density at radius 2 is 1.91 bits per heavy atom. The van der Waals surface area contributed by atoms with Gasteiger partial charge in [-0.15, -0.1) is 0 Å². The summed E-state index contributed by atoms with van der Waals surface area (Å²) in [5.74, 6) is -2.60. The highest BCUT2D eigenvalue weighted by Crippen LogP contribution is 2.28. The Bertz CT molecular complexity index is 1540. The number of carbonyl (C=O) groups excluding carboxylic acids is 2. The topological polar surface area (TPSA) is 65.6 Å². The van der Waals surface area contributed by atoms with Gasteiger partial charge in [-0.05, 0) is 81.4 Å². The Kier molecular flexibility index (Phi) is 3.35. The lowest BCUT2D eigenvalue weighted by Gasteiger charge is -2.18. The molecule has 1 saturated heterocycles. The van der Waals surface area contributed by atoms with E-state index in [9.17, 15) is 9.59 Å². The third-order valence-corrected chi connectivity index (χ3v) is 5.74. The molecule has 3 heterocycles. The zero-order valence-electron chi connectivity index (χ0n) is 27.4. The molecule has 1 fully saturated rings. The van der Waals surface area contributed by atoms with Crippen molar-refractivity contribution in [2.75, 3.05) is 26.6 Å². The van der Waals surface area contributed by atoms with E-state index in [1.54, 1.807) is 0 Å². The number of nitrogens with zero attached hydrogens (tertiary/aromatic N) is 2. The number of nitrogens with one attached hydrogen (secondary N) is 1. The van der Waals surface area contributed by atoms with E-state index < -0.39 is 50.0 Å². The van der Waals surface area contributed by atoms with Crippen LogP contribution in [0.4, 0.5) is 0 Å². The lowest BCUT2D eigenvalue weighted by Crippen LogP contribution is -2.30. The second-order valence-electron chi connectivity index (χ2n) is 7.75. The van der Waals surface area contributed by atoms with Gasteiger partial charge in [-0.1, -0.05) is 12.1 Å². The standard InChI is InChI=1S/C26H29N3O3/c1-28-12-6-7-19(28)15-18-17-27-24-11-10-20(16-23(18)24)32-14-5-4-13-29-25(30)21-8-2-3-9-22(21)26(29)31/h2-3,8-11,16-17,19,27H,4-7,12-15H2,1H3/t19-/m1/s1/i4D2,5D2,13D2,14D2,15D2. The number of aromatic amines is 1. The summed E-state index contributed by atoms with van der Waals surface area (Å²) in [6.07, 6.45) is -6.39. The fourth-order valence-corrected chi connectivity index (χ4v) is 4.04. The molecular formula is C26H29N3O3. The van der Waals surface area contributed by atoms with Crippen molar-refractivity contribution >= 4 is 22.7 Å². The number of imide groups is 1. The molecule has 6 nitrogen and oxygen atoms in total. The summed E-state index contributed by atoms with van der Waals surface area (Å²) in [4.78, 5) is 30.7. The van der Waals surface area contributed by atoms with Gasteiger partial charge in [-0.25, -0.2) is 0 Å². The number of rotatable bonds is 8. The van der Waals surface area contributed by atoms with Crippen LogP contribution in [-0.2, 0) is 6.37 Å². The Morgan fingerprint density at radius 3 is 2.62 bits per heavy atom. The number of fused-ring (bicyclic) bond motifs is 2. The maximum atomic E-state index is 12.9. The number of hydrogen-bond acceptors (Lipinski definition) is 4. The van der Waals surface area contributed by atoms with Gasteiger partial charge in [-0.3, -0.25) is 14.5 Å². The average molecular weight is 442 g/mol. The van der Waals surface area contributed by atoms with Crippen LogP contribution in [-0.4, -0.2) is 59.3 Å². The smallest absolute Gasteiger partial charge is 0.261 e. The van der Waals surface area contributed by atoms with E-state index in [1.165, 1.54) is 48.7 Å². The first-order chi connectivity index (χ1) is 19.4. The monoisotopic (exact) mass is 441 g/mol. The normalized spacial score (nSPS) is 25.5. The van der Waals surface area contributed by atoms with Crippen LogP contribution in [0.1, 0.15) is 65.6 Å². The van der Waals surface area contributed by atoms with Crippen molar-refractivity contribution in [3.8, 4) is 5.75 Å². The molecule has 0 saturated carbocycles. The minimum Gasteiger partial charge on any atom is -0.494 e. The number of likely N-dealkylation sites (tertiary alicyclic amines) is 1. The lowest BCUT2D eigenvalue weighted by atomic mass is 10.0. The van der Waals surface area contributed by atoms with Crippen LogP contribution in [0, 0.1) is 0 Å². The summed E-state index contributed by atoms with van der Waals surface area (Å²) in [6, 6.07) is 9.09. The highest BCUT2D eigenvalue weighted by Gasteiger charge is 2.34. The molecule has 6 heteroatoms. The van der Waals surface area contributed by atoms with Crippen molar-refractivity contribution in [1.29, 1.82) is 0 Å². The molecule has 0 unspecified atom stereocenters.